The van der Waals surface area contributed by atoms with Crippen molar-refractivity contribution >= 4 is 35.0 Å². The highest BCUT2D eigenvalue weighted by molar-refractivity contribution is 7.13. The standard InChI is InChI=1S/C43H65FN4O12S/c1-29-36(61-28-46-29)30-8-9-31(26-45-38(51)33-25-32(49)27-48(33)39(52)37(41(2,3)4)47-40(53)43(44)11-12-43)34(24-30)59-23-22-58-21-20-57-19-18-56-17-16-55-15-14-54-13-10-35(50)60-42(5,6)7/h8-9,24,28,32-33,37,49H,10-23,25-27H2,1-7H3,(H,45,51)(H,47,53)/t32-,33+,37?/m1/s1. The van der Waals surface area contributed by atoms with Crippen LogP contribution in [-0.4, -0.2) is 147 Å². The molecule has 1 aliphatic carbocycles. The van der Waals surface area contributed by atoms with Gasteiger partial charge in [0.1, 0.15) is 30.0 Å². The molecular formula is C43H65FN4O12S. The Morgan fingerprint density at radius 3 is 2.00 bits per heavy atom. The number of hydrogen-bond acceptors (Lipinski definition) is 14. The molecule has 61 heavy (non-hydrogen) atoms. The Kier molecular flexibility index (Phi) is 19.3. The number of nitrogens with zero attached hydrogens (tertiary/aromatic N) is 2. The van der Waals surface area contributed by atoms with E-state index in [4.69, 9.17) is 33.2 Å². The number of carbonyl (C=O) groups is 4. The van der Waals surface area contributed by atoms with Crippen molar-refractivity contribution in [3.05, 3.63) is 35.0 Å². The zero-order valence-corrected chi connectivity index (χ0v) is 37.5. The van der Waals surface area contributed by atoms with Crippen LogP contribution >= 0.6 is 11.3 Å². The minimum absolute atomic E-state index is 0.0174. The number of thiazole rings is 1. The van der Waals surface area contributed by atoms with Gasteiger partial charge in [-0.2, -0.15) is 0 Å². The van der Waals surface area contributed by atoms with Crippen molar-refractivity contribution in [2.45, 2.75) is 110 Å². The monoisotopic (exact) mass is 880 g/mol. The highest BCUT2D eigenvalue weighted by Gasteiger charge is 2.53. The third-order valence-corrected chi connectivity index (χ3v) is 10.7. The summed E-state index contributed by atoms with van der Waals surface area (Å²) in [5.41, 5.74) is 0.974. The molecule has 3 N–H and O–H groups in total. The number of aliphatic hydroxyl groups excluding tert-OH is 1. The van der Waals surface area contributed by atoms with Gasteiger partial charge in [0.15, 0.2) is 5.67 Å². The molecule has 0 bridgehead atoms. The van der Waals surface area contributed by atoms with E-state index >= 15 is 0 Å². The third kappa shape index (κ3) is 16.8. The van der Waals surface area contributed by atoms with E-state index in [-0.39, 0.29) is 64.6 Å². The molecular weight excluding hydrogens is 816 g/mol. The van der Waals surface area contributed by atoms with Crippen LogP contribution < -0.4 is 15.4 Å². The quantitative estimate of drug-likeness (QED) is 0.0911. The highest BCUT2D eigenvalue weighted by atomic mass is 32.1. The summed E-state index contributed by atoms with van der Waals surface area (Å²) in [6, 6.07) is 3.59. The minimum atomic E-state index is -1.97. The first-order chi connectivity index (χ1) is 28.9. The third-order valence-electron chi connectivity index (χ3n) is 9.72. The molecule has 3 amide bonds. The Balaban J connectivity index is 1.16. The van der Waals surface area contributed by atoms with Gasteiger partial charge in [-0.3, -0.25) is 19.2 Å². The maximum absolute atomic E-state index is 14.6. The Morgan fingerprint density at radius 2 is 1.48 bits per heavy atom. The van der Waals surface area contributed by atoms with E-state index in [0.717, 1.165) is 16.1 Å². The lowest BCUT2D eigenvalue weighted by Crippen LogP contribution is -2.59. The van der Waals surface area contributed by atoms with Crippen molar-refractivity contribution in [1.29, 1.82) is 0 Å². The van der Waals surface area contributed by atoms with Crippen molar-refractivity contribution in [3.8, 4) is 16.2 Å². The van der Waals surface area contributed by atoms with Gasteiger partial charge in [-0.05, 0) is 57.6 Å². The number of esters is 1. The number of likely N-dealkylation sites (tertiary alicyclic amines) is 1. The van der Waals surface area contributed by atoms with Crippen LogP contribution in [0, 0.1) is 12.3 Å². The van der Waals surface area contributed by atoms with Crippen LogP contribution in [0.2, 0.25) is 0 Å². The summed E-state index contributed by atoms with van der Waals surface area (Å²) < 4.78 is 53.7. The normalized spacial score (nSPS) is 17.8. The molecule has 3 atom stereocenters. The number of amides is 3. The summed E-state index contributed by atoms with van der Waals surface area (Å²) in [5, 5.41) is 16.1. The van der Waals surface area contributed by atoms with Gasteiger partial charge in [-0.25, -0.2) is 9.37 Å². The second kappa shape index (κ2) is 23.6. The van der Waals surface area contributed by atoms with Crippen molar-refractivity contribution in [3.63, 3.8) is 0 Å². The first-order valence-corrected chi connectivity index (χ1v) is 21.8. The molecule has 1 aromatic carbocycles. The van der Waals surface area contributed by atoms with Crippen LogP contribution in [0.15, 0.2) is 23.7 Å². The lowest BCUT2D eigenvalue weighted by atomic mass is 9.85. The van der Waals surface area contributed by atoms with Gasteiger partial charge >= 0.3 is 5.97 Å². The molecule has 18 heteroatoms. The van der Waals surface area contributed by atoms with Gasteiger partial charge in [0, 0.05) is 25.1 Å². The first-order valence-electron chi connectivity index (χ1n) is 20.9. The molecule has 2 aromatic rings. The lowest BCUT2D eigenvalue weighted by Gasteiger charge is -2.35. The van der Waals surface area contributed by atoms with Crippen LogP contribution in [0.5, 0.6) is 5.75 Å². The van der Waals surface area contributed by atoms with Gasteiger partial charge < -0.3 is 53.8 Å². The van der Waals surface area contributed by atoms with Crippen molar-refractivity contribution in [2.75, 3.05) is 79.2 Å². The molecule has 16 nitrogen and oxygen atoms in total. The van der Waals surface area contributed by atoms with E-state index < -0.39 is 52.6 Å². The Bertz CT molecular complexity index is 1730. The molecule has 0 spiro atoms. The number of benzene rings is 1. The zero-order chi connectivity index (χ0) is 44.6. The van der Waals surface area contributed by atoms with E-state index in [1.807, 2.05) is 45.9 Å². The summed E-state index contributed by atoms with van der Waals surface area (Å²) >= 11 is 1.51. The van der Waals surface area contributed by atoms with Gasteiger partial charge in [0.2, 0.25) is 11.8 Å². The van der Waals surface area contributed by atoms with E-state index in [1.165, 1.54) is 16.2 Å². The maximum Gasteiger partial charge on any atom is 0.308 e. The average molecular weight is 881 g/mol. The second-order valence-corrected chi connectivity index (χ2v) is 18.0. The summed E-state index contributed by atoms with van der Waals surface area (Å²) in [7, 11) is 0. The molecule has 1 aliphatic heterocycles. The molecule has 342 valence electrons. The zero-order valence-electron chi connectivity index (χ0n) is 36.7. The van der Waals surface area contributed by atoms with Gasteiger partial charge in [-0.15, -0.1) is 11.3 Å². The van der Waals surface area contributed by atoms with Crippen molar-refractivity contribution in [2.24, 2.45) is 5.41 Å². The van der Waals surface area contributed by atoms with E-state index in [1.54, 1.807) is 26.3 Å². The van der Waals surface area contributed by atoms with E-state index in [0.29, 0.717) is 64.2 Å². The Morgan fingerprint density at radius 1 is 0.902 bits per heavy atom. The van der Waals surface area contributed by atoms with Crippen LogP contribution in [0.4, 0.5) is 4.39 Å². The Hall–Kier alpha value is -3.78. The molecule has 1 aromatic heterocycles. The molecule has 2 heterocycles. The second-order valence-electron chi connectivity index (χ2n) is 17.2. The predicted octanol–water partition coefficient (Wildman–Crippen LogP) is 3.92. The molecule has 4 rings (SSSR count). The number of hydrogen-bond donors (Lipinski definition) is 3. The van der Waals surface area contributed by atoms with Crippen LogP contribution in [0.25, 0.3) is 10.4 Å². The molecule has 1 unspecified atom stereocenters. The fraction of sp³-hybridized carbons (Fsp3) is 0.698. The number of aromatic nitrogens is 1. The average Bonchev–Trinajstić information content (AvgIpc) is 3.59. The number of ether oxygens (including phenoxy) is 7. The van der Waals surface area contributed by atoms with Gasteiger partial charge in [0.25, 0.3) is 5.91 Å². The van der Waals surface area contributed by atoms with Gasteiger partial charge in [0.05, 0.1) is 94.7 Å². The Labute approximate surface area is 362 Å². The van der Waals surface area contributed by atoms with Crippen molar-refractivity contribution < 1.29 is 61.8 Å². The predicted molar refractivity (Wildman–Crippen MR) is 225 cm³/mol. The molecule has 1 saturated heterocycles. The number of aryl methyl sites for hydroxylation is 1. The van der Waals surface area contributed by atoms with Crippen LogP contribution in [0.1, 0.15) is 78.5 Å². The smallest absolute Gasteiger partial charge is 0.308 e. The van der Waals surface area contributed by atoms with E-state index in [9.17, 15) is 28.7 Å². The van der Waals surface area contributed by atoms with Crippen LogP contribution in [0.3, 0.4) is 0 Å². The summed E-state index contributed by atoms with van der Waals surface area (Å²) in [5.74, 6) is -1.62. The van der Waals surface area contributed by atoms with Crippen molar-refractivity contribution in [1.82, 2.24) is 20.5 Å². The number of halogens is 1. The minimum Gasteiger partial charge on any atom is -0.491 e. The number of aliphatic hydroxyl groups is 1. The number of β-amino-alcohol motifs (C(OH)–C–C–N with tert-alkyl or cyclic N) is 1. The number of nitrogens with one attached hydrogen (secondary N) is 2. The molecule has 1 saturated carbocycles. The maximum atomic E-state index is 14.6. The number of rotatable bonds is 26. The van der Waals surface area contributed by atoms with E-state index in [2.05, 4.69) is 15.6 Å². The SMILES string of the molecule is Cc1ncsc1-c1ccc(CNC(=O)[C@@H]2C[C@@H](O)CN2C(=O)C(NC(=O)C2(F)CC2)C(C)(C)C)c(OCCOCCOCCOCCOCCOCCC(=O)OC(C)(C)C)c1. The molecule has 2 aliphatic rings. The number of carbonyl (C=O) groups excluding carboxylic acids is 4. The molecule has 2 fully saturated rings. The first kappa shape index (κ1) is 49.9. The lowest BCUT2D eigenvalue weighted by molar-refractivity contribution is -0.156. The van der Waals surface area contributed by atoms with Gasteiger partial charge in [-0.1, -0.05) is 32.9 Å². The molecule has 0 radical (unpaired) electrons. The topological polar surface area (TPSA) is 193 Å². The fourth-order valence-electron chi connectivity index (χ4n) is 6.31. The summed E-state index contributed by atoms with van der Waals surface area (Å²) in [6.45, 7) is 16.5. The summed E-state index contributed by atoms with van der Waals surface area (Å²) in [4.78, 5) is 58.4. The van der Waals surface area contributed by atoms with Crippen LogP contribution in [-0.2, 0) is 54.1 Å². The summed E-state index contributed by atoms with van der Waals surface area (Å²) in [6.07, 6.45) is -0.522. The largest absolute Gasteiger partial charge is 0.491 e. The number of alkyl halides is 1. The fourth-order valence-corrected chi connectivity index (χ4v) is 7.12. The highest BCUT2D eigenvalue weighted by Crippen LogP contribution is 2.40.